The molecule has 0 radical (unpaired) electrons. The zero-order chi connectivity index (χ0) is 16.2. The molecule has 1 unspecified atom stereocenters. The highest BCUT2D eigenvalue weighted by Gasteiger charge is 2.15. The number of nitrogens with one attached hydrogen (secondary N) is 1. The Morgan fingerprint density at radius 3 is 2.43 bits per heavy atom. The lowest BCUT2D eigenvalue weighted by Crippen LogP contribution is -2.35. The van der Waals surface area contributed by atoms with Crippen LogP contribution < -0.4 is 10.2 Å². The molecular weight excluding hydrogens is 282 g/mol. The molecule has 0 saturated carbocycles. The molecule has 0 fully saturated rings. The second-order valence-electron chi connectivity index (χ2n) is 7.33. The summed E-state index contributed by atoms with van der Waals surface area (Å²) >= 11 is 6.27. The van der Waals surface area contributed by atoms with E-state index in [2.05, 4.69) is 69.9 Å². The van der Waals surface area contributed by atoms with Crippen molar-refractivity contribution in [1.82, 2.24) is 10.3 Å². The Kier molecular flexibility index (Phi) is 6.48. The molecule has 4 heteroatoms. The topological polar surface area (TPSA) is 28.2 Å². The van der Waals surface area contributed by atoms with E-state index in [-0.39, 0.29) is 5.54 Å². The van der Waals surface area contributed by atoms with Crippen molar-refractivity contribution >= 4 is 17.4 Å². The number of nitrogens with zero attached hydrogens (tertiary/aromatic N) is 2. The lowest BCUT2D eigenvalue weighted by atomic mass is 10.0. The molecule has 0 aliphatic heterocycles. The molecule has 0 saturated heterocycles. The van der Waals surface area contributed by atoms with Gasteiger partial charge in [-0.25, -0.2) is 4.98 Å². The Morgan fingerprint density at radius 1 is 1.29 bits per heavy atom. The van der Waals surface area contributed by atoms with Crippen molar-refractivity contribution in [2.75, 3.05) is 11.9 Å². The molecule has 0 aromatic carbocycles. The number of rotatable bonds is 6. The van der Waals surface area contributed by atoms with Gasteiger partial charge < -0.3 is 10.2 Å². The lowest BCUT2D eigenvalue weighted by Gasteiger charge is -2.28. The Bertz CT molecular complexity index is 452. The van der Waals surface area contributed by atoms with Crippen molar-refractivity contribution in [2.45, 2.75) is 66.1 Å². The van der Waals surface area contributed by atoms with Gasteiger partial charge in [0.2, 0.25) is 0 Å². The van der Waals surface area contributed by atoms with Crippen molar-refractivity contribution in [1.29, 1.82) is 0 Å². The van der Waals surface area contributed by atoms with Crippen LogP contribution >= 0.6 is 11.6 Å². The summed E-state index contributed by atoms with van der Waals surface area (Å²) in [5, 5.41) is 4.20. The van der Waals surface area contributed by atoms with Crippen LogP contribution in [0.25, 0.3) is 0 Å². The molecule has 1 N–H and O–H groups in total. The van der Waals surface area contributed by atoms with Crippen molar-refractivity contribution in [2.24, 2.45) is 5.92 Å². The minimum atomic E-state index is 0.0730. The van der Waals surface area contributed by atoms with Crippen LogP contribution in [0.1, 0.15) is 53.5 Å². The van der Waals surface area contributed by atoms with Crippen LogP contribution in [0, 0.1) is 5.92 Å². The minimum Gasteiger partial charge on any atom is -0.357 e. The van der Waals surface area contributed by atoms with Crippen LogP contribution in [0.3, 0.4) is 0 Å². The Hall–Kier alpha value is -0.800. The van der Waals surface area contributed by atoms with Gasteiger partial charge in [0.15, 0.2) is 0 Å². The normalized spacial score (nSPS) is 13.6. The lowest BCUT2D eigenvalue weighted by molar-refractivity contribution is 0.424. The summed E-state index contributed by atoms with van der Waals surface area (Å²) in [6.45, 7) is 13.9. The second kappa shape index (κ2) is 7.46. The molecule has 0 aliphatic carbocycles. The number of pyridine rings is 1. The van der Waals surface area contributed by atoms with E-state index in [0.717, 1.165) is 29.4 Å². The van der Waals surface area contributed by atoms with Gasteiger partial charge in [-0.2, -0.15) is 0 Å². The Balaban J connectivity index is 2.85. The molecule has 1 atom stereocenters. The number of anilines is 1. The number of halogens is 1. The summed E-state index contributed by atoms with van der Waals surface area (Å²) in [7, 11) is 2.10. The number of hydrogen-bond acceptors (Lipinski definition) is 3. The van der Waals surface area contributed by atoms with E-state index in [4.69, 9.17) is 11.6 Å². The molecule has 1 heterocycles. The third-order valence-electron chi connectivity index (χ3n) is 3.56. The van der Waals surface area contributed by atoms with E-state index in [1.807, 2.05) is 0 Å². The van der Waals surface area contributed by atoms with E-state index in [1.54, 1.807) is 6.20 Å². The van der Waals surface area contributed by atoms with Crippen LogP contribution in [0.2, 0.25) is 5.02 Å². The maximum Gasteiger partial charge on any atom is 0.128 e. The zero-order valence-electron chi connectivity index (χ0n) is 14.5. The highest BCUT2D eigenvalue weighted by molar-refractivity contribution is 6.31. The van der Waals surface area contributed by atoms with Gasteiger partial charge >= 0.3 is 0 Å². The summed E-state index contributed by atoms with van der Waals surface area (Å²) in [5.74, 6) is 1.66. The molecule has 1 aromatic heterocycles. The summed E-state index contributed by atoms with van der Waals surface area (Å²) in [4.78, 5) is 6.71. The fourth-order valence-corrected chi connectivity index (χ4v) is 2.39. The first-order chi connectivity index (χ1) is 9.60. The molecule has 21 heavy (non-hydrogen) atoms. The van der Waals surface area contributed by atoms with Crippen molar-refractivity contribution in [3.63, 3.8) is 0 Å². The van der Waals surface area contributed by atoms with Crippen molar-refractivity contribution < 1.29 is 0 Å². The van der Waals surface area contributed by atoms with Crippen LogP contribution in [-0.4, -0.2) is 23.6 Å². The van der Waals surface area contributed by atoms with Gasteiger partial charge in [-0.05, 0) is 51.7 Å². The van der Waals surface area contributed by atoms with Crippen molar-refractivity contribution in [3.05, 3.63) is 22.8 Å². The van der Waals surface area contributed by atoms with Crippen molar-refractivity contribution in [3.8, 4) is 0 Å². The van der Waals surface area contributed by atoms with E-state index in [9.17, 15) is 0 Å². The average Bonchev–Trinajstić information content (AvgIpc) is 2.35. The molecule has 3 nitrogen and oxygen atoms in total. The van der Waals surface area contributed by atoms with E-state index < -0.39 is 0 Å². The van der Waals surface area contributed by atoms with E-state index in [0.29, 0.717) is 12.0 Å². The molecule has 0 aliphatic rings. The molecule has 0 bridgehead atoms. The quantitative estimate of drug-likeness (QED) is 0.838. The van der Waals surface area contributed by atoms with Gasteiger partial charge in [-0.1, -0.05) is 25.4 Å². The second-order valence-corrected chi connectivity index (χ2v) is 7.73. The predicted octanol–water partition coefficient (Wildman–Crippen LogP) is 4.49. The third-order valence-corrected chi connectivity index (χ3v) is 3.90. The van der Waals surface area contributed by atoms with Crippen LogP contribution in [0.4, 0.5) is 5.82 Å². The smallest absolute Gasteiger partial charge is 0.128 e. The van der Waals surface area contributed by atoms with Gasteiger partial charge in [-0.3, -0.25) is 0 Å². The van der Waals surface area contributed by atoms with Crippen LogP contribution in [0.5, 0.6) is 0 Å². The highest BCUT2D eigenvalue weighted by atomic mass is 35.5. The highest BCUT2D eigenvalue weighted by Crippen LogP contribution is 2.23. The summed E-state index contributed by atoms with van der Waals surface area (Å²) in [5.41, 5.74) is 1.17. The maximum atomic E-state index is 6.27. The van der Waals surface area contributed by atoms with Gasteiger partial charge in [0.25, 0.3) is 0 Å². The standard InChI is InChI=1S/C17H30ClN3/c1-12(2)8-13(3)21(7)16-9-14(15(18)11-19-16)10-20-17(4,5)6/h9,11-13,20H,8,10H2,1-7H3. The molecule has 0 spiro atoms. The molecule has 1 rings (SSSR count). The zero-order valence-corrected chi connectivity index (χ0v) is 15.3. The maximum absolute atomic E-state index is 6.27. The first-order valence-electron chi connectivity index (χ1n) is 7.72. The van der Waals surface area contributed by atoms with Gasteiger partial charge in [-0.15, -0.1) is 0 Å². The number of hydrogen-bond donors (Lipinski definition) is 1. The fraction of sp³-hybridized carbons (Fsp3) is 0.706. The largest absolute Gasteiger partial charge is 0.357 e. The Labute approximate surface area is 135 Å². The average molecular weight is 312 g/mol. The van der Waals surface area contributed by atoms with Gasteiger partial charge in [0.1, 0.15) is 5.82 Å². The first kappa shape index (κ1) is 18.2. The monoisotopic (exact) mass is 311 g/mol. The molecule has 0 amide bonds. The molecule has 1 aromatic rings. The summed E-state index contributed by atoms with van der Waals surface area (Å²) in [6, 6.07) is 2.56. The van der Waals surface area contributed by atoms with Crippen LogP contribution in [-0.2, 0) is 6.54 Å². The summed E-state index contributed by atoms with van der Waals surface area (Å²) in [6.07, 6.45) is 2.91. The Morgan fingerprint density at radius 2 is 1.90 bits per heavy atom. The molecular formula is C17H30ClN3. The summed E-state index contributed by atoms with van der Waals surface area (Å²) < 4.78 is 0. The first-order valence-corrected chi connectivity index (χ1v) is 8.10. The minimum absolute atomic E-state index is 0.0730. The molecule has 120 valence electrons. The number of aromatic nitrogens is 1. The van der Waals surface area contributed by atoms with E-state index in [1.165, 1.54) is 0 Å². The SMILES string of the molecule is CC(C)CC(C)N(C)c1cc(CNC(C)(C)C)c(Cl)cn1. The van der Waals surface area contributed by atoms with Gasteiger partial charge in [0, 0.05) is 31.4 Å². The fourth-order valence-electron chi connectivity index (χ4n) is 2.22. The third kappa shape index (κ3) is 6.23. The van der Waals surface area contributed by atoms with Crippen LogP contribution in [0.15, 0.2) is 12.3 Å². The predicted molar refractivity (Wildman–Crippen MR) is 93.2 cm³/mol. The van der Waals surface area contributed by atoms with Gasteiger partial charge in [0.05, 0.1) is 5.02 Å². The van der Waals surface area contributed by atoms with E-state index >= 15 is 0 Å².